The summed E-state index contributed by atoms with van der Waals surface area (Å²) in [5.74, 6) is -1.44. The van der Waals surface area contributed by atoms with E-state index < -0.39 is 5.97 Å². The molecule has 1 amide bonds. The monoisotopic (exact) mass is 323 g/mol. The van der Waals surface area contributed by atoms with Crippen molar-refractivity contribution in [1.29, 1.82) is 0 Å². The smallest absolute Gasteiger partial charge is 0.337 e. The van der Waals surface area contributed by atoms with Gasteiger partial charge >= 0.3 is 5.97 Å². The third-order valence-corrected chi connectivity index (χ3v) is 2.84. The fourth-order valence-electron chi connectivity index (χ4n) is 1.54. The lowest BCUT2D eigenvalue weighted by molar-refractivity contribution is -0.116. The molecule has 1 aromatic carbocycles. The molecule has 1 heterocycles. The van der Waals surface area contributed by atoms with E-state index in [1.165, 1.54) is 10.7 Å². The van der Waals surface area contributed by atoms with Gasteiger partial charge in [-0.1, -0.05) is 15.9 Å². The molecule has 98 valence electrons. The second-order valence-corrected chi connectivity index (χ2v) is 4.66. The van der Waals surface area contributed by atoms with Crippen LogP contribution >= 0.6 is 15.9 Å². The van der Waals surface area contributed by atoms with Crippen LogP contribution in [0.15, 0.2) is 41.1 Å². The van der Waals surface area contributed by atoms with Crippen molar-refractivity contribution >= 4 is 33.5 Å². The van der Waals surface area contributed by atoms with Crippen LogP contribution in [0, 0.1) is 0 Å². The number of carboxylic acids is 1. The summed E-state index contributed by atoms with van der Waals surface area (Å²) in [6.45, 7) is 0.0264. The van der Waals surface area contributed by atoms with Crippen molar-refractivity contribution in [2.45, 2.75) is 6.54 Å². The van der Waals surface area contributed by atoms with Crippen LogP contribution in [-0.2, 0) is 11.3 Å². The lowest BCUT2D eigenvalue weighted by Gasteiger charge is -2.09. The molecule has 0 saturated carbocycles. The van der Waals surface area contributed by atoms with E-state index in [0.29, 0.717) is 4.47 Å². The zero-order valence-corrected chi connectivity index (χ0v) is 11.3. The van der Waals surface area contributed by atoms with Gasteiger partial charge in [-0.15, -0.1) is 0 Å². The Labute approximate surface area is 117 Å². The average Bonchev–Trinajstić information content (AvgIpc) is 2.81. The number of benzene rings is 1. The highest BCUT2D eigenvalue weighted by Crippen LogP contribution is 2.21. The Balaban J connectivity index is 2.16. The Morgan fingerprint density at radius 3 is 2.84 bits per heavy atom. The molecule has 0 radical (unpaired) electrons. The van der Waals surface area contributed by atoms with E-state index in [0.717, 1.165) is 0 Å². The summed E-state index contributed by atoms with van der Waals surface area (Å²) in [4.78, 5) is 22.8. The van der Waals surface area contributed by atoms with Crippen molar-refractivity contribution in [2.75, 3.05) is 5.32 Å². The Morgan fingerprint density at radius 2 is 2.21 bits per heavy atom. The molecular weight excluding hydrogens is 314 g/mol. The summed E-state index contributed by atoms with van der Waals surface area (Å²) < 4.78 is 2.14. The quantitative estimate of drug-likeness (QED) is 0.901. The normalized spacial score (nSPS) is 10.2. The molecule has 0 aliphatic rings. The highest BCUT2D eigenvalue weighted by molar-refractivity contribution is 9.10. The number of halogens is 1. The largest absolute Gasteiger partial charge is 0.478 e. The highest BCUT2D eigenvalue weighted by Gasteiger charge is 2.13. The summed E-state index contributed by atoms with van der Waals surface area (Å²) in [7, 11) is 0. The molecule has 7 heteroatoms. The molecule has 2 N–H and O–H groups in total. The van der Waals surface area contributed by atoms with Crippen LogP contribution in [0.4, 0.5) is 5.69 Å². The van der Waals surface area contributed by atoms with Gasteiger partial charge in [0.05, 0.1) is 11.3 Å². The molecule has 19 heavy (non-hydrogen) atoms. The first-order valence-corrected chi connectivity index (χ1v) is 6.15. The van der Waals surface area contributed by atoms with Crippen LogP contribution in [-0.4, -0.2) is 26.8 Å². The van der Waals surface area contributed by atoms with Crippen molar-refractivity contribution in [3.8, 4) is 0 Å². The SMILES string of the molecule is O=C(Cn1cccn1)Nc1cc(Br)ccc1C(=O)O. The van der Waals surface area contributed by atoms with Crippen LogP contribution < -0.4 is 5.32 Å². The molecule has 0 bridgehead atoms. The van der Waals surface area contributed by atoms with Gasteiger partial charge in [-0.2, -0.15) is 5.10 Å². The third-order valence-electron chi connectivity index (χ3n) is 2.35. The van der Waals surface area contributed by atoms with E-state index in [9.17, 15) is 9.59 Å². The standard InChI is InChI=1S/C12H10BrN3O3/c13-8-2-3-9(12(18)19)10(6-8)15-11(17)7-16-5-1-4-14-16/h1-6H,7H2,(H,15,17)(H,18,19). The predicted molar refractivity (Wildman–Crippen MR) is 72.0 cm³/mol. The Kier molecular flexibility index (Phi) is 3.96. The lowest BCUT2D eigenvalue weighted by atomic mass is 10.2. The van der Waals surface area contributed by atoms with Gasteiger partial charge in [-0.3, -0.25) is 9.48 Å². The number of carbonyl (C=O) groups is 2. The molecule has 0 fully saturated rings. The summed E-state index contributed by atoms with van der Waals surface area (Å²) in [5.41, 5.74) is 0.288. The molecule has 0 atom stereocenters. The molecule has 6 nitrogen and oxygen atoms in total. The van der Waals surface area contributed by atoms with Gasteiger partial charge in [0.2, 0.25) is 5.91 Å². The van der Waals surface area contributed by atoms with Gasteiger partial charge < -0.3 is 10.4 Å². The molecule has 0 unspecified atom stereocenters. The van der Waals surface area contributed by atoms with Crippen LogP contribution in [0.3, 0.4) is 0 Å². The van der Waals surface area contributed by atoms with E-state index in [1.807, 2.05) is 0 Å². The van der Waals surface area contributed by atoms with Gasteiger partial charge in [0.15, 0.2) is 0 Å². The highest BCUT2D eigenvalue weighted by atomic mass is 79.9. The zero-order valence-electron chi connectivity index (χ0n) is 9.71. The maximum Gasteiger partial charge on any atom is 0.337 e. The number of rotatable bonds is 4. The summed E-state index contributed by atoms with van der Waals surface area (Å²) >= 11 is 3.23. The molecule has 0 aliphatic heterocycles. The van der Waals surface area contributed by atoms with Gasteiger partial charge in [-0.05, 0) is 24.3 Å². The molecule has 2 rings (SSSR count). The van der Waals surface area contributed by atoms with E-state index >= 15 is 0 Å². The number of nitrogens with one attached hydrogen (secondary N) is 1. The third kappa shape index (κ3) is 3.41. The zero-order chi connectivity index (χ0) is 13.8. The topological polar surface area (TPSA) is 84.2 Å². The fraction of sp³-hybridized carbons (Fsp3) is 0.0833. The number of aromatic nitrogens is 2. The Hall–Kier alpha value is -2.15. The minimum Gasteiger partial charge on any atom is -0.478 e. The maximum atomic E-state index is 11.8. The Morgan fingerprint density at radius 1 is 1.42 bits per heavy atom. The first-order chi connectivity index (χ1) is 9.06. The van der Waals surface area contributed by atoms with E-state index in [-0.39, 0.29) is 23.7 Å². The summed E-state index contributed by atoms with van der Waals surface area (Å²) in [6.07, 6.45) is 3.22. The van der Waals surface area contributed by atoms with Crippen LogP contribution in [0.2, 0.25) is 0 Å². The van der Waals surface area contributed by atoms with E-state index in [1.54, 1.807) is 30.6 Å². The van der Waals surface area contributed by atoms with Gasteiger partial charge in [0, 0.05) is 16.9 Å². The van der Waals surface area contributed by atoms with E-state index in [4.69, 9.17) is 5.11 Å². The molecule has 0 saturated heterocycles. The van der Waals surface area contributed by atoms with Crippen molar-refractivity contribution in [3.05, 3.63) is 46.7 Å². The Bertz CT molecular complexity index is 611. The van der Waals surface area contributed by atoms with Crippen molar-refractivity contribution in [1.82, 2.24) is 9.78 Å². The van der Waals surface area contributed by atoms with Crippen molar-refractivity contribution < 1.29 is 14.7 Å². The molecule has 0 aliphatic carbocycles. The number of carboxylic acid groups (broad SMARTS) is 1. The van der Waals surface area contributed by atoms with Crippen molar-refractivity contribution in [2.24, 2.45) is 0 Å². The second kappa shape index (κ2) is 5.66. The number of nitrogens with zero attached hydrogens (tertiary/aromatic N) is 2. The van der Waals surface area contributed by atoms with Gasteiger partial charge in [0.1, 0.15) is 6.54 Å². The predicted octanol–water partition coefficient (Wildman–Crippen LogP) is 1.98. The number of aromatic carboxylic acids is 1. The number of hydrogen-bond acceptors (Lipinski definition) is 3. The fourth-order valence-corrected chi connectivity index (χ4v) is 1.90. The molecule has 1 aromatic heterocycles. The summed E-state index contributed by atoms with van der Waals surface area (Å²) in [6, 6.07) is 6.28. The number of hydrogen-bond donors (Lipinski definition) is 2. The van der Waals surface area contributed by atoms with Gasteiger partial charge in [-0.25, -0.2) is 4.79 Å². The van der Waals surface area contributed by atoms with Crippen LogP contribution in [0.25, 0.3) is 0 Å². The average molecular weight is 324 g/mol. The minimum absolute atomic E-state index is 0.0264. The maximum absolute atomic E-state index is 11.8. The number of anilines is 1. The molecule has 0 spiro atoms. The van der Waals surface area contributed by atoms with Crippen LogP contribution in [0.5, 0.6) is 0 Å². The lowest BCUT2D eigenvalue weighted by Crippen LogP contribution is -2.20. The molecule has 2 aromatic rings. The minimum atomic E-state index is -1.10. The number of carbonyl (C=O) groups excluding carboxylic acids is 1. The number of amides is 1. The van der Waals surface area contributed by atoms with Crippen LogP contribution in [0.1, 0.15) is 10.4 Å². The molecular formula is C12H10BrN3O3. The van der Waals surface area contributed by atoms with Crippen molar-refractivity contribution in [3.63, 3.8) is 0 Å². The van der Waals surface area contributed by atoms with E-state index in [2.05, 4.69) is 26.3 Å². The first-order valence-electron chi connectivity index (χ1n) is 5.36. The first kappa shape index (κ1) is 13.3. The summed E-state index contributed by atoms with van der Waals surface area (Å²) in [5, 5.41) is 15.5. The second-order valence-electron chi connectivity index (χ2n) is 3.75. The van der Waals surface area contributed by atoms with Gasteiger partial charge in [0.25, 0.3) is 0 Å².